The van der Waals surface area contributed by atoms with Gasteiger partial charge in [0.1, 0.15) is 5.82 Å². The summed E-state index contributed by atoms with van der Waals surface area (Å²) in [6.07, 6.45) is -4.38. The van der Waals surface area contributed by atoms with Crippen molar-refractivity contribution in [2.24, 2.45) is 0 Å². The molecule has 31 heavy (non-hydrogen) atoms. The van der Waals surface area contributed by atoms with Gasteiger partial charge >= 0.3 is 6.18 Å². The number of carbonyl (C=O) groups is 1. The molecule has 3 aromatic carbocycles. The summed E-state index contributed by atoms with van der Waals surface area (Å²) in [5, 5.41) is 0. The maximum Gasteiger partial charge on any atom is 0.416 e. The first kappa shape index (κ1) is 22.5. The third kappa shape index (κ3) is 5.94. The molecule has 0 fully saturated rings. The summed E-state index contributed by atoms with van der Waals surface area (Å²) in [6, 6.07) is 17.3. The molecule has 1 amide bonds. The van der Waals surface area contributed by atoms with Crippen LogP contribution in [0.15, 0.2) is 66.7 Å². The van der Waals surface area contributed by atoms with Crippen LogP contribution in [-0.2, 0) is 23.8 Å². The van der Waals surface area contributed by atoms with E-state index in [0.29, 0.717) is 11.8 Å². The summed E-state index contributed by atoms with van der Waals surface area (Å²) in [4.78, 5) is 14.6. The highest BCUT2D eigenvalue weighted by Crippen LogP contribution is 2.30. The largest absolute Gasteiger partial charge is 0.416 e. The molecule has 0 spiro atoms. The van der Waals surface area contributed by atoms with Crippen LogP contribution in [0.2, 0.25) is 0 Å². The second-order valence-corrected chi connectivity index (χ2v) is 7.57. The fourth-order valence-electron chi connectivity index (χ4n) is 3.36. The highest BCUT2D eigenvalue weighted by molar-refractivity contribution is 5.94. The number of benzene rings is 3. The Morgan fingerprint density at radius 2 is 1.58 bits per heavy atom. The van der Waals surface area contributed by atoms with Crippen molar-refractivity contribution in [2.45, 2.75) is 32.9 Å². The van der Waals surface area contributed by atoms with Crippen LogP contribution in [0.3, 0.4) is 0 Å². The molecule has 0 saturated carbocycles. The van der Waals surface area contributed by atoms with E-state index in [1.165, 1.54) is 0 Å². The summed E-state index contributed by atoms with van der Waals surface area (Å²) in [6.45, 7) is 4.02. The van der Waals surface area contributed by atoms with Gasteiger partial charge in [-0.15, -0.1) is 0 Å². The summed E-state index contributed by atoms with van der Waals surface area (Å²) < 4.78 is 52.9. The number of hydrogen-bond donors (Lipinski definition) is 0. The zero-order chi connectivity index (χ0) is 22.6. The van der Waals surface area contributed by atoms with E-state index in [1.54, 1.807) is 4.90 Å². The van der Waals surface area contributed by atoms with Gasteiger partial charge in [-0.25, -0.2) is 4.39 Å². The van der Waals surface area contributed by atoms with E-state index < -0.39 is 17.6 Å². The van der Waals surface area contributed by atoms with E-state index in [4.69, 9.17) is 0 Å². The van der Waals surface area contributed by atoms with Crippen LogP contribution in [0.1, 0.15) is 27.8 Å². The second-order valence-electron chi connectivity index (χ2n) is 7.57. The third-order valence-electron chi connectivity index (χ3n) is 5.21. The van der Waals surface area contributed by atoms with Crippen LogP contribution in [0.5, 0.6) is 0 Å². The van der Waals surface area contributed by atoms with Gasteiger partial charge in [-0.2, -0.15) is 13.2 Å². The number of nitrogens with zero attached hydrogens (tertiary/aromatic N) is 1. The fourth-order valence-corrected chi connectivity index (χ4v) is 3.36. The van der Waals surface area contributed by atoms with Gasteiger partial charge in [0.05, 0.1) is 12.0 Å². The summed E-state index contributed by atoms with van der Waals surface area (Å²) in [5.74, 6) is -1.12. The summed E-state index contributed by atoms with van der Waals surface area (Å²) >= 11 is 0. The van der Waals surface area contributed by atoms with Gasteiger partial charge in [0, 0.05) is 12.2 Å². The first-order valence-electron chi connectivity index (χ1n) is 9.91. The topological polar surface area (TPSA) is 20.3 Å². The summed E-state index contributed by atoms with van der Waals surface area (Å²) in [5.41, 5.74) is 2.73. The van der Waals surface area contributed by atoms with Gasteiger partial charge in [-0.1, -0.05) is 36.4 Å². The van der Waals surface area contributed by atoms with E-state index >= 15 is 0 Å². The number of halogens is 4. The van der Waals surface area contributed by atoms with Gasteiger partial charge in [-0.05, 0) is 72.9 Å². The molecular formula is C25H23F4NO. The maximum absolute atomic E-state index is 13.8. The maximum atomic E-state index is 13.8. The monoisotopic (exact) mass is 429 g/mol. The Kier molecular flexibility index (Phi) is 6.78. The van der Waals surface area contributed by atoms with Gasteiger partial charge in [0.2, 0.25) is 5.91 Å². The molecule has 3 rings (SSSR count). The van der Waals surface area contributed by atoms with E-state index in [9.17, 15) is 22.4 Å². The van der Waals surface area contributed by atoms with Gasteiger partial charge in [0.25, 0.3) is 0 Å². The number of anilines is 1. The van der Waals surface area contributed by atoms with E-state index in [-0.39, 0.29) is 30.9 Å². The van der Waals surface area contributed by atoms with Crippen molar-refractivity contribution >= 4 is 11.6 Å². The smallest absolute Gasteiger partial charge is 0.312 e. The molecule has 0 aromatic heterocycles. The normalized spacial score (nSPS) is 11.4. The second kappa shape index (κ2) is 9.33. The van der Waals surface area contributed by atoms with Crippen molar-refractivity contribution in [3.63, 3.8) is 0 Å². The fraction of sp³-hybridized carbons (Fsp3) is 0.240. The standard InChI is InChI=1S/C25H23F4NO/c1-17-8-9-23(12-18(17)2)30(24(31)15-19-6-4-3-5-7-19)11-10-20-13-21(25(27,28)29)16-22(26)14-20/h3-9,12-14,16H,10-11,15H2,1-2H3. The lowest BCUT2D eigenvalue weighted by atomic mass is 10.0. The first-order valence-corrected chi connectivity index (χ1v) is 9.91. The number of amides is 1. The van der Waals surface area contributed by atoms with Crippen LogP contribution in [0, 0.1) is 19.7 Å². The van der Waals surface area contributed by atoms with Crippen molar-refractivity contribution in [1.82, 2.24) is 0 Å². The van der Waals surface area contributed by atoms with Crippen LogP contribution in [-0.4, -0.2) is 12.5 Å². The minimum Gasteiger partial charge on any atom is -0.312 e. The molecule has 0 radical (unpaired) electrons. The number of alkyl halides is 3. The molecule has 0 heterocycles. The van der Waals surface area contributed by atoms with Crippen molar-refractivity contribution in [2.75, 3.05) is 11.4 Å². The molecular weight excluding hydrogens is 406 g/mol. The number of hydrogen-bond acceptors (Lipinski definition) is 1. The Labute approximate surface area is 179 Å². The zero-order valence-corrected chi connectivity index (χ0v) is 17.3. The Balaban J connectivity index is 1.87. The van der Waals surface area contributed by atoms with Crippen LogP contribution >= 0.6 is 0 Å². The van der Waals surface area contributed by atoms with Crippen molar-refractivity contribution in [3.05, 3.63) is 100 Å². The average molecular weight is 429 g/mol. The molecule has 0 atom stereocenters. The quantitative estimate of drug-likeness (QED) is 0.422. The van der Waals surface area contributed by atoms with Crippen LogP contribution < -0.4 is 4.90 Å². The number of rotatable bonds is 6. The van der Waals surface area contributed by atoms with Crippen LogP contribution in [0.4, 0.5) is 23.2 Å². The third-order valence-corrected chi connectivity index (χ3v) is 5.21. The molecule has 162 valence electrons. The SMILES string of the molecule is Cc1ccc(N(CCc2cc(F)cc(C(F)(F)F)c2)C(=O)Cc2ccccc2)cc1C. The molecule has 0 saturated heterocycles. The van der Waals surface area contributed by atoms with Gasteiger partial charge < -0.3 is 4.90 Å². The van der Waals surface area contributed by atoms with Crippen molar-refractivity contribution in [3.8, 4) is 0 Å². The predicted octanol–water partition coefficient (Wildman–Crippen LogP) is 6.28. The van der Waals surface area contributed by atoms with Gasteiger partial charge in [-0.3, -0.25) is 4.79 Å². The lowest BCUT2D eigenvalue weighted by molar-refractivity contribution is -0.137. The molecule has 0 N–H and O–H groups in total. The average Bonchev–Trinajstić information content (AvgIpc) is 2.70. The van der Waals surface area contributed by atoms with Gasteiger partial charge in [0.15, 0.2) is 0 Å². The molecule has 0 bridgehead atoms. The van der Waals surface area contributed by atoms with E-state index in [1.807, 2.05) is 62.4 Å². The molecule has 0 unspecified atom stereocenters. The number of carbonyl (C=O) groups excluding carboxylic acids is 1. The Hall–Kier alpha value is -3.15. The molecule has 0 aliphatic carbocycles. The highest BCUT2D eigenvalue weighted by atomic mass is 19.4. The van der Waals surface area contributed by atoms with Crippen LogP contribution in [0.25, 0.3) is 0 Å². The minimum atomic E-state index is -4.63. The molecule has 3 aromatic rings. The minimum absolute atomic E-state index is 0.0916. The molecule has 0 aliphatic heterocycles. The Morgan fingerprint density at radius 3 is 2.23 bits per heavy atom. The molecule has 2 nitrogen and oxygen atoms in total. The van der Waals surface area contributed by atoms with Crippen molar-refractivity contribution < 1.29 is 22.4 Å². The Bertz CT molecular complexity index is 1060. The summed E-state index contributed by atoms with van der Waals surface area (Å²) in [7, 11) is 0. The number of aryl methyl sites for hydroxylation is 2. The zero-order valence-electron chi connectivity index (χ0n) is 17.3. The van der Waals surface area contributed by atoms with E-state index in [0.717, 1.165) is 28.8 Å². The highest BCUT2D eigenvalue weighted by Gasteiger charge is 2.31. The van der Waals surface area contributed by atoms with Crippen molar-refractivity contribution in [1.29, 1.82) is 0 Å². The lowest BCUT2D eigenvalue weighted by Crippen LogP contribution is -2.34. The Morgan fingerprint density at radius 1 is 0.871 bits per heavy atom. The molecule has 0 aliphatic rings. The lowest BCUT2D eigenvalue weighted by Gasteiger charge is -2.24. The first-order chi connectivity index (χ1) is 14.6. The predicted molar refractivity (Wildman–Crippen MR) is 114 cm³/mol. The van der Waals surface area contributed by atoms with E-state index in [2.05, 4.69) is 0 Å². The molecule has 6 heteroatoms.